The highest BCUT2D eigenvalue weighted by Crippen LogP contribution is 2.16. The molecular formula is C15H16ClN3O3. The van der Waals surface area contributed by atoms with Gasteiger partial charge in [-0.1, -0.05) is 11.6 Å². The first-order chi connectivity index (χ1) is 10.6. The molecule has 0 unspecified atom stereocenters. The lowest BCUT2D eigenvalue weighted by Crippen LogP contribution is -2.36. The number of hydrogen-bond acceptors (Lipinski definition) is 3. The molecule has 0 radical (unpaired) electrons. The number of hydrogen-bond donors (Lipinski definition) is 3. The second kappa shape index (κ2) is 6.37. The molecule has 0 bridgehead atoms. The number of carbonyl (C=O) groups is 1. The molecule has 1 atom stereocenters. The third-order valence-electron chi connectivity index (χ3n) is 3.61. The summed E-state index contributed by atoms with van der Waals surface area (Å²) >= 11 is 5.88. The molecule has 2 amide bonds. The number of carbonyl (C=O) groups excluding carboxylic acids is 1. The van der Waals surface area contributed by atoms with E-state index >= 15 is 0 Å². The van der Waals surface area contributed by atoms with Crippen LogP contribution in [0.5, 0.6) is 0 Å². The van der Waals surface area contributed by atoms with Gasteiger partial charge >= 0.3 is 6.03 Å². The summed E-state index contributed by atoms with van der Waals surface area (Å²) < 4.78 is 5.42. The number of amides is 2. The molecule has 3 rings (SSSR count). The van der Waals surface area contributed by atoms with E-state index in [1.54, 1.807) is 18.2 Å². The van der Waals surface area contributed by atoms with Crippen molar-refractivity contribution in [2.75, 3.05) is 18.5 Å². The van der Waals surface area contributed by atoms with Crippen LogP contribution in [-0.4, -0.2) is 30.3 Å². The number of aromatic nitrogens is 1. The standard InChI is InChI=1S/C15H16ClN3O3/c16-9-3-4-11-12(6-9)17-8-13(14(11)20)19-15(21)18-7-10-2-1-5-22-10/h3-4,6,8,10H,1-2,5,7H2,(H,17,20)(H2,18,19,21)/t10-/m0/s1. The van der Waals surface area contributed by atoms with Gasteiger partial charge in [-0.25, -0.2) is 4.79 Å². The van der Waals surface area contributed by atoms with Crippen molar-refractivity contribution in [2.45, 2.75) is 18.9 Å². The van der Waals surface area contributed by atoms with Crippen molar-refractivity contribution in [3.8, 4) is 0 Å². The van der Waals surface area contributed by atoms with Crippen molar-refractivity contribution in [2.24, 2.45) is 0 Å². The van der Waals surface area contributed by atoms with Crippen LogP contribution in [0.25, 0.3) is 10.9 Å². The molecule has 2 heterocycles. The Morgan fingerprint density at radius 3 is 3.09 bits per heavy atom. The quantitative estimate of drug-likeness (QED) is 0.812. The Morgan fingerprint density at radius 2 is 2.32 bits per heavy atom. The predicted molar refractivity (Wildman–Crippen MR) is 85.6 cm³/mol. The number of nitrogens with one attached hydrogen (secondary N) is 3. The van der Waals surface area contributed by atoms with E-state index in [0.29, 0.717) is 22.5 Å². The van der Waals surface area contributed by atoms with Gasteiger partial charge in [0.05, 0.1) is 11.6 Å². The van der Waals surface area contributed by atoms with Crippen molar-refractivity contribution in [1.82, 2.24) is 10.3 Å². The first kappa shape index (κ1) is 14.9. The predicted octanol–water partition coefficient (Wildman–Crippen LogP) is 2.48. The molecule has 6 nitrogen and oxygen atoms in total. The summed E-state index contributed by atoms with van der Waals surface area (Å²) in [5.74, 6) is 0. The zero-order chi connectivity index (χ0) is 15.5. The fourth-order valence-corrected chi connectivity index (χ4v) is 2.64. The van der Waals surface area contributed by atoms with Crippen LogP contribution in [0.1, 0.15) is 12.8 Å². The monoisotopic (exact) mass is 321 g/mol. The molecule has 1 fully saturated rings. The van der Waals surface area contributed by atoms with E-state index < -0.39 is 6.03 Å². The van der Waals surface area contributed by atoms with Gasteiger partial charge in [0.2, 0.25) is 5.43 Å². The lowest BCUT2D eigenvalue weighted by Gasteiger charge is -2.11. The van der Waals surface area contributed by atoms with E-state index in [0.717, 1.165) is 19.4 Å². The number of aromatic amines is 1. The number of halogens is 1. The number of urea groups is 1. The molecule has 22 heavy (non-hydrogen) atoms. The van der Waals surface area contributed by atoms with Crippen LogP contribution >= 0.6 is 11.6 Å². The van der Waals surface area contributed by atoms with Crippen LogP contribution in [0.2, 0.25) is 5.02 Å². The van der Waals surface area contributed by atoms with Crippen LogP contribution in [-0.2, 0) is 4.74 Å². The van der Waals surface area contributed by atoms with Gasteiger partial charge in [0.1, 0.15) is 5.69 Å². The van der Waals surface area contributed by atoms with Crippen molar-refractivity contribution in [3.05, 3.63) is 39.6 Å². The van der Waals surface area contributed by atoms with Gasteiger partial charge in [-0.05, 0) is 31.0 Å². The van der Waals surface area contributed by atoms with Crippen molar-refractivity contribution >= 4 is 34.2 Å². The maximum absolute atomic E-state index is 12.3. The van der Waals surface area contributed by atoms with Gasteiger partial charge in [-0.15, -0.1) is 0 Å². The number of benzene rings is 1. The van der Waals surface area contributed by atoms with E-state index in [1.807, 2.05) is 0 Å². The summed E-state index contributed by atoms with van der Waals surface area (Å²) in [7, 11) is 0. The molecule has 0 spiro atoms. The second-order valence-corrected chi connectivity index (χ2v) is 5.63. The lowest BCUT2D eigenvalue weighted by molar-refractivity contribution is 0.112. The van der Waals surface area contributed by atoms with Crippen LogP contribution in [0, 0.1) is 0 Å². The maximum Gasteiger partial charge on any atom is 0.319 e. The molecule has 1 aliphatic rings. The largest absolute Gasteiger partial charge is 0.376 e. The van der Waals surface area contributed by atoms with E-state index in [1.165, 1.54) is 6.20 Å². The number of pyridine rings is 1. The van der Waals surface area contributed by atoms with Crippen LogP contribution in [0.3, 0.4) is 0 Å². The summed E-state index contributed by atoms with van der Waals surface area (Å²) in [6.45, 7) is 1.17. The van der Waals surface area contributed by atoms with Gasteiger partial charge in [0.15, 0.2) is 0 Å². The summed E-state index contributed by atoms with van der Waals surface area (Å²) in [5, 5.41) is 6.28. The topological polar surface area (TPSA) is 83.2 Å². The normalized spacial score (nSPS) is 17.6. The average molecular weight is 322 g/mol. The van der Waals surface area contributed by atoms with Crippen molar-refractivity contribution in [3.63, 3.8) is 0 Å². The Hall–Kier alpha value is -2.05. The molecular weight excluding hydrogens is 306 g/mol. The van der Waals surface area contributed by atoms with Gasteiger partial charge in [-0.2, -0.15) is 0 Å². The Morgan fingerprint density at radius 1 is 1.45 bits per heavy atom. The minimum Gasteiger partial charge on any atom is -0.376 e. The van der Waals surface area contributed by atoms with E-state index in [4.69, 9.17) is 16.3 Å². The number of H-pyrrole nitrogens is 1. The van der Waals surface area contributed by atoms with Crippen molar-refractivity contribution in [1.29, 1.82) is 0 Å². The second-order valence-electron chi connectivity index (χ2n) is 5.19. The molecule has 7 heteroatoms. The summed E-state index contributed by atoms with van der Waals surface area (Å²) in [6.07, 6.45) is 3.48. The molecule has 1 saturated heterocycles. The first-order valence-electron chi connectivity index (χ1n) is 7.11. The highest BCUT2D eigenvalue weighted by molar-refractivity contribution is 6.31. The van der Waals surface area contributed by atoms with Crippen LogP contribution in [0.4, 0.5) is 10.5 Å². The number of ether oxygens (including phenoxy) is 1. The number of fused-ring (bicyclic) bond motifs is 1. The van der Waals surface area contributed by atoms with E-state index in [-0.39, 0.29) is 17.2 Å². The molecule has 3 N–H and O–H groups in total. The molecule has 0 saturated carbocycles. The lowest BCUT2D eigenvalue weighted by atomic mass is 10.2. The summed E-state index contributed by atoms with van der Waals surface area (Å²) in [4.78, 5) is 27.1. The molecule has 0 aliphatic carbocycles. The fraction of sp³-hybridized carbons (Fsp3) is 0.333. The Bertz CT molecular complexity index is 753. The van der Waals surface area contributed by atoms with Gasteiger partial charge in [0, 0.05) is 29.8 Å². The number of anilines is 1. The zero-order valence-corrected chi connectivity index (χ0v) is 12.6. The smallest absolute Gasteiger partial charge is 0.319 e. The molecule has 1 aliphatic heterocycles. The van der Waals surface area contributed by atoms with Crippen LogP contribution < -0.4 is 16.1 Å². The third kappa shape index (κ3) is 3.23. The fourth-order valence-electron chi connectivity index (χ4n) is 2.47. The highest BCUT2D eigenvalue weighted by Gasteiger charge is 2.16. The van der Waals surface area contributed by atoms with E-state index in [2.05, 4.69) is 15.6 Å². The van der Waals surface area contributed by atoms with Gasteiger partial charge in [-0.3, -0.25) is 4.79 Å². The SMILES string of the molecule is O=C(NC[C@@H]1CCCO1)Nc1c[nH]c2cc(Cl)ccc2c1=O. The Kier molecular flexibility index (Phi) is 4.31. The molecule has 116 valence electrons. The van der Waals surface area contributed by atoms with Crippen molar-refractivity contribution < 1.29 is 9.53 Å². The molecule has 1 aromatic heterocycles. The van der Waals surface area contributed by atoms with Crippen LogP contribution in [0.15, 0.2) is 29.2 Å². The van der Waals surface area contributed by atoms with Gasteiger partial charge < -0.3 is 20.4 Å². The Balaban J connectivity index is 1.70. The highest BCUT2D eigenvalue weighted by atomic mass is 35.5. The summed E-state index contributed by atoms with van der Waals surface area (Å²) in [5.41, 5.74) is 0.570. The minimum absolute atomic E-state index is 0.0581. The van der Waals surface area contributed by atoms with E-state index in [9.17, 15) is 9.59 Å². The maximum atomic E-state index is 12.3. The minimum atomic E-state index is -0.422. The molecule has 2 aromatic rings. The van der Waals surface area contributed by atoms with Gasteiger partial charge in [0.25, 0.3) is 0 Å². The first-order valence-corrected chi connectivity index (χ1v) is 7.49. The zero-order valence-electron chi connectivity index (χ0n) is 11.8. The summed E-state index contributed by atoms with van der Waals surface area (Å²) in [6, 6.07) is 4.51. The molecule has 1 aromatic carbocycles. The number of rotatable bonds is 3. The average Bonchev–Trinajstić information content (AvgIpc) is 3.01. The Labute approximate surface area is 131 Å². The third-order valence-corrected chi connectivity index (χ3v) is 3.84.